The van der Waals surface area contributed by atoms with Gasteiger partial charge in [-0.3, -0.25) is 0 Å². The lowest BCUT2D eigenvalue weighted by molar-refractivity contribution is -0.274. The van der Waals surface area contributed by atoms with E-state index in [-0.39, 0.29) is 29.5 Å². The Labute approximate surface area is 161 Å². The van der Waals surface area contributed by atoms with Gasteiger partial charge in [0, 0.05) is 5.56 Å². The van der Waals surface area contributed by atoms with E-state index in [4.69, 9.17) is 34.8 Å². The first-order chi connectivity index (χ1) is 12.0. The highest BCUT2D eigenvalue weighted by atomic mass is 35.5. The molecule has 0 bridgehead atoms. The lowest BCUT2D eigenvalue weighted by Gasteiger charge is -2.30. The number of alkyl halides is 5. The molecule has 2 aromatic rings. The van der Waals surface area contributed by atoms with Gasteiger partial charge in [0.2, 0.25) is 0 Å². The van der Waals surface area contributed by atoms with Gasteiger partial charge in [0.15, 0.2) is 0 Å². The molecule has 1 aromatic heterocycles. The van der Waals surface area contributed by atoms with Crippen LogP contribution in [0, 0.1) is 5.92 Å². The van der Waals surface area contributed by atoms with E-state index in [0.717, 1.165) is 12.1 Å². The summed E-state index contributed by atoms with van der Waals surface area (Å²) in [7, 11) is 0. The molecule has 1 saturated carbocycles. The summed E-state index contributed by atoms with van der Waals surface area (Å²) >= 11 is 18.3. The maximum atomic E-state index is 12.4. The summed E-state index contributed by atoms with van der Waals surface area (Å²) in [6, 6.07) is 3.37. The van der Waals surface area contributed by atoms with E-state index >= 15 is 0 Å². The molecule has 1 aliphatic carbocycles. The highest BCUT2D eigenvalue weighted by Crippen LogP contribution is 2.58. The molecule has 1 aromatic carbocycles. The summed E-state index contributed by atoms with van der Waals surface area (Å²) in [5, 5.41) is 15.1. The fourth-order valence-electron chi connectivity index (χ4n) is 2.81. The van der Waals surface area contributed by atoms with Crippen LogP contribution >= 0.6 is 34.8 Å². The first-order valence-electron chi connectivity index (χ1n) is 7.47. The second-order valence-corrected chi connectivity index (χ2v) is 8.13. The Bertz CT molecular complexity index is 786. The van der Waals surface area contributed by atoms with Gasteiger partial charge in [-0.2, -0.15) is 5.10 Å². The van der Waals surface area contributed by atoms with Crippen molar-refractivity contribution in [2.75, 3.05) is 0 Å². The second-order valence-electron chi connectivity index (χ2n) is 6.18. The van der Waals surface area contributed by atoms with Crippen molar-refractivity contribution in [3.05, 3.63) is 41.4 Å². The Hall–Kier alpha value is -1.22. The van der Waals surface area contributed by atoms with E-state index in [9.17, 15) is 18.3 Å². The topological polar surface area (TPSA) is 60.2 Å². The molecular weight excluding hydrogens is 418 g/mol. The molecule has 0 aliphatic heterocycles. The van der Waals surface area contributed by atoms with Gasteiger partial charge in [-0.25, -0.2) is 9.67 Å². The minimum absolute atomic E-state index is 0.0213. The van der Waals surface area contributed by atoms with Gasteiger partial charge < -0.3 is 9.84 Å². The summed E-state index contributed by atoms with van der Waals surface area (Å²) in [5.74, 6) is -0.675. The average molecular weight is 431 g/mol. The molecule has 1 N–H and O–H groups in total. The van der Waals surface area contributed by atoms with Gasteiger partial charge in [0.1, 0.15) is 28.3 Å². The van der Waals surface area contributed by atoms with Crippen LogP contribution in [0.4, 0.5) is 13.2 Å². The molecule has 5 nitrogen and oxygen atoms in total. The summed E-state index contributed by atoms with van der Waals surface area (Å²) < 4.78 is 41.4. The number of aliphatic hydroxyl groups is 1. The monoisotopic (exact) mass is 429 g/mol. The minimum Gasteiger partial charge on any atom is -0.406 e. The number of nitrogens with zero attached hydrogens (tertiary/aromatic N) is 3. The Morgan fingerprint density at radius 2 is 2.04 bits per heavy atom. The zero-order valence-corrected chi connectivity index (χ0v) is 15.3. The number of aromatic nitrogens is 3. The van der Waals surface area contributed by atoms with Gasteiger partial charge in [-0.15, -0.1) is 36.4 Å². The van der Waals surface area contributed by atoms with Crippen molar-refractivity contribution >= 4 is 34.8 Å². The van der Waals surface area contributed by atoms with Crippen LogP contribution in [0.15, 0.2) is 30.9 Å². The fourth-order valence-corrected chi connectivity index (χ4v) is 3.68. The van der Waals surface area contributed by atoms with Crippen molar-refractivity contribution in [1.29, 1.82) is 0 Å². The zero-order valence-electron chi connectivity index (χ0n) is 13.1. The number of benzene rings is 1. The molecule has 0 saturated heterocycles. The van der Waals surface area contributed by atoms with Crippen molar-refractivity contribution in [2.24, 2.45) is 5.92 Å². The lowest BCUT2D eigenvalue weighted by atomic mass is 9.88. The maximum absolute atomic E-state index is 12.4. The molecule has 142 valence electrons. The summed E-state index contributed by atoms with van der Waals surface area (Å²) in [6.07, 6.45) is -1.50. The fraction of sp³-hybridized carbons (Fsp3) is 0.467. The predicted molar refractivity (Wildman–Crippen MR) is 89.2 cm³/mol. The first kappa shape index (κ1) is 19.5. The number of hydrogen-bond donors (Lipinski definition) is 1. The Morgan fingerprint density at radius 1 is 1.35 bits per heavy atom. The van der Waals surface area contributed by atoms with Crippen molar-refractivity contribution in [3.8, 4) is 5.75 Å². The van der Waals surface area contributed by atoms with E-state index in [1.165, 1.54) is 23.4 Å². The van der Waals surface area contributed by atoms with Crippen LogP contribution < -0.4 is 4.74 Å². The predicted octanol–water partition coefficient (Wildman–Crippen LogP) is 4.30. The third-order valence-corrected chi connectivity index (χ3v) is 5.34. The van der Waals surface area contributed by atoms with Crippen LogP contribution in [0.5, 0.6) is 5.75 Å². The largest absolute Gasteiger partial charge is 0.573 e. The standard InChI is InChI=1S/C15H13Cl3F3N3O2/c16-12-3-10(26-15(19,20)21)1-2-11(12)13(25,4-9-5-14(9,17)18)6-24-8-22-7-23-24/h1-3,7-9,25H,4-6H2. The Kier molecular flexibility index (Phi) is 5.07. The molecule has 26 heavy (non-hydrogen) atoms. The van der Waals surface area contributed by atoms with Crippen LogP contribution in [0.3, 0.4) is 0 Å². The van der Waals surface area contributed by atoms with Crippen molar-refractivity contribution < 1.29 is 23.0 Å². The minimum atomic E-state index is -4.84. The van der Waals surface area contributed by atoms with E-state index < -0.39 is 22.0 Å². The van der Waals surface area contributed by atoms with E-state index in [1.54, 1.807) is 0 Å². The maximum Gasteiger partial charge on any atom is 0.573 e. The SMILES string of the molecule is OC(CC1CC1(Cl)Cl)(Cn1cncn1)c1ccc(OC(F)(F)F)cc1Cl. The van der Waals surface area contributed by atoms with Crippen LogP contribution in [0.25, 0.3) is 0 Å². The molecule has 0 spiro atoms. The van der Waals surface area contributed by atoms with E-state index in [1.807, 2.05) is 0 Å². The molecule has 0 radical (unpaired) electrons. The molecule has 11 heteroatoms. The Balaban J connectivity index is 1.90. The van der Waals surface area contributed by atoms with Crippen LogP contribution in [-0.4, -0.2) is 30.6 Å². The summed E-state index contributed by atoms with van der Waals surface area (Å²) in [5.41, 5.74) is -1.34. The van der Waals surface area contributed by atoms with Crippen LogP contribution in [0.1, 0.15) is 18.4 Å². The third-order valence-electron chi connectivity index (χ3n) is 4.11. The highest BCUT2D eigenvalue weighted by molar-refractivity contribution is 6.50. The Morgan fingerprint density at radius 3 is 2.54 bits per heavy atom. The van der Waals surface area contributed by atoms with Crippen molar-refractivity contribution in [2.45, 2.75) is 35.7 Å². The molecule has 1 aliphatic rings. The third kappa shape index (κ3) is 4.54. The number of ether oxygens (including phenoxy) is 1. The van der Waals surface area contributed by atoms with Crippen LogP contribution in [-0.2, 0) is 12.1 Å². The average Bonchev–Trinajstić information content (AvgIpc) is 2.86. The quantitative estimate of drug-likeness (QED) is 0.694. The number of rotatable bonds is 6. The highest BCUT2D eigenvalue weighted by Gasteiger charge is 2.55. The van der Waals surface area contributed by atoms with E-state index in [0.29, 0.717) is 6.42 Å². The van der Waals surface area contributed by atoms with E-state index in [2.05, 4.69) is 14.8 Å². The normalized spacial score (nSPS) is 21.3. The zero-order chi connectivity index (χ0) is 19.2. The second kappa shape index (κ2) is 6.74. The van der Waals surface area contributed by atoms with Gasteiger partial charge in [-0.05, 0) is 30.9 Å². The summed E-state index contributed by atoms with van der Waals surface area (Å²) in [6.45, 7) is -0.0213. The number of halogens is 6. The van der Waals surface area contributed by atoms with Gasteiger partial charge in [0.05, 0.1) is 11.6 Å². The van der Waals surface area contributed by atoms with Crippen molar-refractivity contribution in [1.82, 2.24) is 14.8 Å². The molecule has 2 unspecified atom stereocenters. The lowest BCUT2D eigenvalue weighted by Crippen LogP contribution is -2.33. The first-order valence-corrected chi connectivity index (χ1v) is 8.60. The molecule has 0 amide bonds. The van der Waals surface area contributed by atoms with Crippen LogP contribution in [0.2, 0.25) is 5.02 Å². The van der Waals surface area contributed by atoms with Crippen molar-refractivity contribution in [3.63, 3.8) is 0 Å². The molecule has 3 rings (SSSR count). The van der Waals surface area contributed by atoms with Gasteiger partial charge >= 0.3 is 6.36 Å². The molecule has 2 atom stereocenters. The summed E-state index contributed by atoms with van der Waals surface area (Å²) in [4.78, 5) is 3.81. The number of hydrogen-bond acceptors (Lipinski definition) is 4. The smallest absolute Gasteiger partial charge is 0.406 e. The molecule has 1 fully saturated rings. The van der Waals surface area contributed by atoms with Gasteiger partial charge in [0.25, 0.3) is 0 Å². The van der Waals surface area contributed by atoms with Gasteiger partial charge in [-0.1, -0.05) is 17.7 Å². The molecule has 1 heterocycles. The molecular formula is C15H13Cl3F3N3O2.